The molecule has 0 aliphatic carbocycles. The van der Waals surface area contributed by atoms with Crippen molar-refractivity contribution in [3.8, 4) is 11.5 Å². The van der Waals surface area contributed by atoms with Gasteiger partial charge in [0.15, 0.2) is 11.5 Å². The van der Waals surface area contributed by atoms with E-state index in [1.165, 1.54) is 5.56 Å². The van der Waals surface area contributed by atoms with Crippen LogP contribution in [0.1, 0.15) is 17.9 Å². The average Bonchev–Trinajstić information content (AvgIpc) is 2.38. The number of nitrogens with two attached hydrogens (primary N) is 1. The van der Waals surface area contributed by atoms with Crippen LogP contribution in [-0.4, -0.2) is 33.4 Å². The summed E-state index contributed by atoms with van der Waals surface area (Å²) in [6.45, 7) is 1.89. The molecule has 0 saturated carbocycles. The van der Waals surface area contributed by atoms with E-state index in [0.29, 0.717) is 5.92 Å². The first-order valence-electron chi connectivity index (χ1n) is 5.94. The van der Waals surface area contributed by atoms with Gasteiger partial charge in [-0.15, -0.1) is 0 Å². The van der Waals surface area contributed by atoms with Crippen LogP contribution in [0.3, 0.4) is 0 Å². The Kier molecular flexibility index (Phi) is 3.86. The average molecular weight is 236 g/mol. The number of nitrogens with one attached hydrogen (secondary N) is 1. The maximum Gasteiger partial charge on any atom is 0.160 e. The Morgan fingerprint density at radius 1 is 1.24 bits per heavy atom. The maximum absolute atomic E-state index is 6.14. The molecule has 0 aromatic heterocycles. The lowest BCUT2D eigenvalue weighted by atomic mass is 9.86. The quantitative estimate of drug-likeness (QED) is 0.825. The lowest BCUT2D eigenvalue weighted by Crippen LogP contribution is -2.44. The van der Waals surface area contributed by atoms with Gasteiger partial charge in [0.25, 0.3) is 0 Å². The molecule has 1 aliphatic rings. The summed E-state index contributed by atoms with van der Waals surface area (Å²) in [4.78, 5) is 0. The van der Waals surface area contributed by atoms with Gasteiger partial charge in [-0.25, -0.2) is 0 Å². The maximum atomic E-state index is 6.14. The van der Waals surface area contributed by atoms with Crippen molar-refractivity contribution in [2.45, 2.75) is 18.4 Å². The van der Waals surface area contributed by atoms with Gasteiger partial charge in [0.1, 0.15) is 0 Å². The predicted octanol–water partition coefficient (Wildman–Crippen LogP) is 1.11. The number of piperidine rings is 1. The summed E-state index contributed by atoms with van der Waals surface area (Å²) in [5, 5.41) is 3.30. The predicted molar refractivity (Wildman–Crippen MR) is 67.7 cm³/mol. The molecule has 1 saturated heterocycles. The van der Waals surface area contributed by atoms with Gasteiger partial charge in [-0.1, -0.05) is 6.07 Å². The third-order valence-electron chi connectivity index (χ3n) is 3.36. The van der Waals surface area contributed by atoms with Crippen molar-refractivity contribution in [3.05, 3.63) is 23.8 Å². The van der Waals surface area contributed by atoms with Crippen molar-refractivity contribution < 1.29 is 9.47 Å². The van der Waals surface area contributed by atoms with Crippen molar-refractivity contribution in [2.75, 3.05) is 27.3 Å². The molecule has 0 radical (unpaired) electrons. The summed E-state index contributed by atoms with van der Waals surface area (Å²) in [5.41, 5.74) is 7.37. The summed E-state index contributed by atoms with van der Waals surface area (Å²) in [6, 6.07) is 6.23. The monoisotopic (exact) mass is 236 g/mol. The second-order valence-electron chi connectivity index (χ2n) is 4.38. The fourth-order valence-electron chi connectivity index (χ4n) is 2.38. The first-order valence-corrected chi connectivity index (χ1v) is 5.94. The van der Waals surface area contributed by atoms with Gasteiger partial charge in [0.05, 0.1) is 14.2 Å². The highest BCUT2D eigenvalue weighted by Crippen LogP contribution is 2.33. The van der Waals surface area contributed by atoms with E-state index in [2.05, 4.69) is 11.4 Å². The van der Waals surface area contributed by atoms with Crippen molar-refractivity contribution in [2.24, 2.45) is 5.73 Å². The first kappa shape index (κ1) is 12.2. The highest BCUT2D eigenvalue weighted by Gasteiger charge is 2.23. The summed E-state index contributed by atoms with van der Waals surface area (Å²) in [5.74, 6) is 1.94. The Bertz CT molecular complexity index is 382. The van der Waals surface area contributed by atoms with E-state index in [1.807, 2.05) is 12.1 Å². The molecule has 0 amide bonds. The molecule has 4 nitrogen and oxygen atoms in total. The molecule has 2 unspecified atom stereocenters. The summed E-state index contributed by atoms with van der Waals surface area (Å²) in [6.07, 6.45) is 1.07. The molecule has 94 valence electrons. The smallest absolute Gasteiger partial charge is 0.160 e. The van der Waals surface area contributed by atoms with E-state index < -0.39 is 0 Å². The molecule has 4 heteroatoms. The van der Waals surface area contributed by atoms with Gasteiger partial charge in [-0.05, 0) is 30.7 Å². The Labute approximate surface area is 102 Å². The van der Waals surface area contributed by atoms with Crippen molar-refractivity contribution in [3.63, 3.8) is 0 Å². The Hall–Kier alpha value is -1.26. The molecular weight excluding hydrogens is 216 g/mol. The zero-order chi connectivity index (χ0) is 12.3. The standard InChI is InChI=1S/C13H20N2O2/c1-16-12-4-3-9(7-13(12)17-2)10-5-6-15-8-11(10)14/h3-4,7,10-11,15H,5-6,8,14H2,1-2H3. The largest absolute Gasteiger partial charge is 0.493 e. The molecule has 2 rings (SSSR count). The van der Waals surface area contributed by atoms with Crippen LogP contribution in [0.4, 0.5) is 0 Å². The zero-order valence-corrected chi connectivity index (χ0v) is 10.4. The van der Waals surface area contributed by atoms with Crippen molar-refractivity contribution in [1.29, 1.82) is 0 Å². The van der Waals surface area contributed by atoms with Gasteiger partial charge in [-0.2, -0.15) is 0 Å². The summed E-state index contributed by atoms with van der Waals surface area (Å²) < 4.78 is 10.6. The molecule has 0 bridgehead atoms. The first-order chi connectivity index (χ1) is 8.26. The van der Waals surface area contributed by atoms with Gasteiger partial charge in [-0.3, -0.25) is 0 Å². The van der Waals surface area contributed by atoms with E-state index in [4.69, 9.17) is 15.2 Å². The number of rotatable bonds is 3. The van der Waals surface area contributed by atoms with E-state index in [0.717, 1.165) is 31.0 Å². The van der Waals surface area contributed by atoms with Crippen LogP contribution >= 0.6 is 0 Å². The van der Waals surface area contributed by atoms with Gasteiger partial charge < -0.3 is 20.5 Å². The van der Waals surface area contributed by atoms with Crippen LogP contribution in [0, 0.1) is 0 Å². The van der Waals surface area contributed by atoms with Crippen molar-refractivity contribution in [1.82, 2.24) is 5.32 Å². The third kappa shape index (κ3) is 2.53. The Morgan fingerprint density at radius 2 is 2.00 bits per heavy atom. The number of ether oxygens (including phenoxy) is 2. The SMILES string of the molecule is COc1ccc(C2CCNCC2N)cc1OC. The van der Waals surface area contributed by atoms with Crippen LogP contribution in [0.25, 0.3) is 0 Å². The highest BCUT2D eigenvalue weighted by atomic mass is 16.5. The van der Waals surface area contributed by atoms with Crippen LogP contribution in [0.5, 0.6) is 11.5 Å². The Morgan fingerprint density at radius 3 is 2.65 bits per heavy atom. The van der Waals surface area contributed by atoms with E-state index in [9.17, 15) is 0 Å². The van der Waals surface area contributed by atoms with Crippen LogP contribution < -0.4 is 20.5 Å². The second-order valence-corrected chi connectivity index (χ2v) is 4.38. The number of benzene rings is 1. The van der Waals surface area contributed by atoms with Crippen LogP contribution in [-0.2, 0) is 0 Å². The van der Waals surface area contributed by atoms with Gasteiger partial charge >= 0.3 is 0 Å². The molecule has 0 spiro atoms. The molecule has 17 heavy (non-hydrogen) atoms. The van der Waals surface area contributed by atoms with Crippen LogP contribution in [0.2, 0.25) is 0 Å². The topological polar surface area (TPSA) is 56.5 Å². The lowest BCUT2D eigenvalue weighted by Gasteiger charge is -2.30. The summed E-state index contributed by atoms with van der Waals surface area (Å²) in [7, 11) is 3.30. The Balaban J connectivity index is 2.25. The minimum atomic E-state index is 0.168. The molecule has 1 fully saturated rings. The van der Waals surface area contributed by atoms with E-state index in [-0.39, 0.29) is 6.04 Å². The van der Waals surface area contributed by atoms with Gasteiger partial charge in [0.2, 0.25) is 0 Å². The highest BCUT2D eigenvalue weighted by molar-refractivity contribution is 5.44. The number of hydrogen-bond acceptors (Lipinski definition) is 4. The zero-order valence-electron chi connectivity index (χ0n) is 10.4. The minimum absolute atomic E-state index is 0.168. The molecule has 2 atom stereocenters. The molecule has 3 N–H and O–H groups in total. The summed E-state index contributed by atoms with van der Waals surface area (Å²) >= 11 is 0. The molecule has 1 aliphatic heterocycles. The third-order valence-corrected chi connectivity index (χ3v) is 3.36. The van der Waals surface area contributed by atoms with Crippen LogP contribution in [0.15, 0.2) is 18.2 Å². The molecular formula is C13H20N2O2. The molecule has 1 aromatic rings. The molecule has 1 aromatic carbocycles. The van der Waals surface area contributed by atoms with Crippen molar-refractivity contribution >= 4 is 0 Å². The van der Waals surface area contributed by atoms with Gasteiger partial charge in [0, 0.05) is 18.5 Å². The van der Waals surface area contributed by atoms with E-state index >= 15 is 0 Å². The fourth-order valence-corrected chi connectivity index (χ4v) is 2.38. The number of methoxy groups -OCH3 is 2. The number of hydrogen-bond donors (Lipinski definition) is 2. The molecule has 1 heterocycles. The minimum Gasteiger partial charge on any atom is -0.493 e. The van der Waals surface area contributed by atoms with E-state index in [1.54, 1.807) is 14.2 Å². The second kappa shape index (κ2) is 5.38. The lowest BCUT2D eigenvalue weighted by molar-refractivity contribution is 0.352. The normalized spacial score (nSPS) is 24.4. The fraction of sp³-hybridized carbons (Fsp3) is 0.538.